The summed E-state index contributed by atoms with van der Waals surface area (Å²) in [4.78, 5) is 0. The van der Waals surface area contributed by atoms with Crippen LogP contribution in [-0.4, -0.2) is 10.6 Å². The van der Waals surface area contributed by atoms with Gasteiger partial charge in [0.15, 0.2) is 0 Å². The third-order valence-corrected chi connectivity index (χ3v) is 1.43. The largest absolute Gasteiger partial charge is 0.247 e. The summed E-state index contributed by atoms with van der Waals surface area (Å²) >= 11 is 2.00. The molecule has 0 spiro atoms. The van der Waals surface area contributed by atoms with E-state index in [4.69, 9.17) is 0 Å². The van der Waals surface area contributed by atoms with Crippen LogP contribution in [0.15, 0.2) is 0 Å². The van der Waals surface area contributed by atoms with E-state index in [1.54, 1.807) is 6.92 Å². The number of hydrogen-bond donors (Lipinski definition) is 0. The average molecular weight is 188 g/mol. The molecule has 0 N–H and O–H groups in total. The zero-order chi connectivity index (χ0) is 4.28. The van der Waals surface area contributed by atoms with E-state index < -0.39 is 6.17 Å². The Morgan fingerprint density at radius 1 is 2.00 bits per heavy atom. The van der Waals surface area contributed by atoms with Crippen LogP contribution in [0.25, 0.3) is 0 Å². The highest BCUT2D eigenvalue weighted by Crippen LogP contribution is 1.91. The zero-order valence-corrected chi connectivity index (χ0v) is 5.20. The van der Waals surface area contributed by atoms with Crippen LogP contribution in [0.3, 0.4) is 0 Å². The molecular weight excluding hydrogens is 182 g/mol. The van der Waals surface area contributed by atoms with Crippen molar-refractivity contribution in [1.29, 1.82) is 0 Å². The second-order valence-electron chi connectivity index (χ2n) is 0.935. The van der Waals surface area contributed by atoms with Gasteiger partial charge in [-0.2, -0.15) is 0 Å². The first-order chi connectivity index (χ1) is 2.27. The van der Waals surface area contributed by atoms with Crippen molar-refractivity contribution in [2.45, 2.75) is 13.1 Å². The highest BCUT2D eigenvalue weighted by Gasteiger charge is 1.87. The minimum atomic E-state index is -0.629. The molecule has 0 aliphatic heterocycles. The van der Waals surface area contributed by atoms with Gasteiger partial charge in [0.2, 0.25) is 0 Å². The zero-order valence-electron chi connectivity index (χ0n) is 3.04. The standard InChI is InChI=1S/C3H6FI/c1-3(4)2-5/h3H,2H2,1H3. The first-order valence-corrected chi connectivity index (χ1v) is 3.00. The van der Waals surface area contributed by atoms with Crippen molar-refractivity contribution in [3.8, 4) is 0 Å². The first-order valence-electron chi connectivity index (χ1n) is 1.47. The fourth-order valence-corrected chi connectivity index (χ4v) is 0. The van der Waals surface area contributed by atoms with Gasteiger partial charge in [-0.05, 0) is 6.92 Å². The van der Waals surface area contributed by atoms with E-state index >= 15 is 0 Å². The summed E-state index contributed by atoms with van der Waals surface area (Å²) in [6.45, 7) is 1.55. The average Bonchev–Trinajstić information content (AvgIpc) is 1.38. The van der Waals surface area contributed by atoms with Gasteiger partial charge in [-0.25, -0.2) is 4.39 Å². The number of halogens is 2. The van der Waals surface area contributed by atoms with Gasteiger partial charge >= 0.3 is 0 Å². The molecule has 1 atom stereocenters. The monoisotopic (exact) mass is 188 g/mol. The lowest BCUT2D eigenvalue weighted by Crippen LogP contribution is -1.89. The van der Waals surface area contributed by atoms with E-state index in [1.165, 1.54) is 0 Å². The van der Waals surface area contributed by atoms with E-state index in [0.29, 0.717) is 4.43 Å². The molecular formula is C3H6FI. The normalized spacial score (nSPS) is 15.0. The van der Waals surface area contributed by atoms with Crippen molar-refractivity contribution >= 4 is 22.6 Å². The molecule has 0 fully saturated rings. The fourth-order valence-electron chi connectivity index (χ4n) is 0. The van der Waals surface area contributed by atoms with E-state index in [2.05, 4.69) is 0 Å². The summed E-state index contributed by atoms with van der Waals surface area (Å²) in [5.41, 5.74) is 0. The topological polar surface area (TPSA) is 0 Å². The van der Waals surface area contributed by atoms with Crippen LogP contribution in [0.4, 0.5) is 4.39 Å². The Kier molecular flexibility index (Phi) is 3.25. The molecule has 0 nitrogen and oxygen atoms in total. The molecule has 2 heteroatoms. The highest BCUT2D eigenvalue weighted by atomic mass is 127. The van der Waals surface area contributed by atoms with E-state index in [9.17, 15) is 4.39 Å². The SMILES string of the molecule is CC(F)CI. The van der Waals surface area contributed by atoms with Gasteiger partial charge in [-0.1, -0.05) is 22.6 Å². The molecule has 0 heterocycles. The molecule has 0 aliphatic carbocycles. The predicted octanol–water partition coefficient (Wildman–Crippen LogP) is 1.78. The van der Waals surface area contributed by atoms with E-state index in [-0.39, 0.29) is 0 Å². The van der Waals surface area contributed by atoms with Crippen LogP contribution in [0, 0.1) is 0 Å². The van der Waals surface area contributed by atoms with Gasteiger partial charge in [-0.3, -0.25) is 0 Å². The van der Waals surface area contributed by atoms with Crippen molar-refractivity contribution in [3.05, 3.63) is 0 Å². The number of alkyl halides is 2. The Balaban J connectivity index is 2.54. The van der Waals surface area contributed by atoms with Crippen LogP contribution in [0.1, 0.15) is 6.92 Å². The van der Waals surface area contributed by atoms with Crippen molar-refractivity contribution in [2.24, 2.45) is 0 Å². The summed E-state index contributed by atoms with van der Waals surface area (Å²) in [6, 6.07) is 0. The fraction of sp³-hybridized carbons (Fsp3) is 1.00. The second kappa shape index (κ2) is 2.87. The molecule has 0 saturated carbocycles. The molecule has 32 valence electrons. The Labute approximate surface area is 44.9 Å². The second-order valence-corrected chi connectivity index (χ2v) is 1.82. The summed E-state index contributed by atoms with van der Waals surface area (Å²) in [6.07, 6.45) is -0.629. The summed E-state index contributed by atoms with van der Waals surface area (Å²) in [5.74, 6) is 0. The molecule has 0 bridgehead atoms. The van der Waals surface area contributed by atoms with Gasteiger partial charge in [0.25, 0.3) is 0 Å². The molecule has 1 unspecified atom stereocenters. The van der Waals surface area contributed by atoms with Crippen molar-refractivity contribution in [2.75, 3.05) is 4.43 Å². The summed E-state index contributed by atoms with van der Waals surface area (Å²) in [7, 11) is 0. The maximum atomic E-state index is 11.4. The van der Waals surface area contributed by atoms with E-state index in [1.807, 2.05) is 22.6 Å². The third kappa shape index (κ3) is 4.66. The van der Waals surface area contributed by atoms with Crippen LogP contribution >= 0.6 is 22.6 Å². The summed E-state index contributed by atoms with van der Waals surface area (Å²) in [5, 5.41) is 0. The maximum Gasteiger partial charge on any atom is 0.106 e. The maximum absolute atomic E-state index is 11.4. The first kappa shape index (κ1) is 5.66. The molecule has 0 saturated heterocycles. The lowest BCUT2D eigenvalue weighted by atomic mass is 10.5. The van der Waals surface area contributed by atoms with Crippen molar-refractivity contribution in [3.63, 3.8) is 0 Å². The number of hydrogen-bond acceptors (Lipinski definition) is 0. The van der Waals surface area contributed by atoms with Gasteiger partial charge in [-0.15, -0.1) is 0 Å². The predicted molar refractivity (Wildman–Crippen MR) is 29.5 cm³/mol. The molecule has 0 aromatic heterocycles. The molecule has 0 aromatic rings. The van der Waals surface area contributed by atoms with Crippen molar-refractivity contribution in [1.82, 2.24) is 0 Å². The molecule has 0 amide bonds. The third-order valence-electron chi connectivity index (χ3n) is 0.213. The van der Waals surface area contributed by atoms with Crippen LogP contribution < -0.4 is 0 Å². The Hall–Kier alpha value is 0.660. The highest BCUT2D eigenvalue weighted by molar-refractivity contribution is 14.1. The molecule has 0 radical (unpaired) electrons. The van der Waals surface area contributed by atoms with Crippen LogP contribution in [0.2, 0.25) is 0 Å². The smallest absolute Gasteiger partial charge is 0.106 e. The van der Waals surface area contributed by atoms with Gasteiger partial charge in [0.05, 0.1) is 0 Å². The lowest BCUT2D eigenvalue weighted by molar-refractivity contribution is 0.402. The number of rotatable bonds is 1. The van der Waals surface area contributed by atoms with Gasteiger partial charge in [0.1, 0.15) is 6.17 Å². The van der Waals surface area contributed by atoms with E-state index in [0.717, 1.165) is 0 Å². The quantitative estimate of drug-likeness (QED) is 0.434. The van der Waals surface area contributed by atoms with Gasteiger partial charge < -0.3 is 0 Å². The summed E-state index contributed by atoms with van der Waals surface area (Å²) < 4.78 is 12.0. The van der Waals surface area contributed by atoms with Crippen LogP contribution in [-0.2, 0) is 0 Å². The molecule has 0 aromatic carbocycles. The molecule has 0 aliphatic rings. The minimum Gasteiger partial charge on any atom is -0.247 e. The Morgan fingerprint density at radius 2 is 2.20 bits per heavy atom. The molecule has 0 rings (SSSR count). The lowest BCUT2D eigenvalue weighted by Gasteiger charge is -1.84. The van der Waals surface area contributed by atoms with Crippen molar-refractivity contribution < 1.29 is 4.39 Å². The molecule has 5 heavy (non-hydrogen) atoms. The minimum absolute atomic E-state index is 0.609. The Morgan fingerprint density at radius 3 is 2.20 bits per heavy atom. The Bertz CT molecular complexity index is 20.9. The van der Waals surface area contributed by atoms with Crippen LogP contribution in [0.5, 0.6) is 0 Å². The van der Waals surface area contributed by atoms with Gasteiger partial charge in [0, 0.05) is 4.43 Å².